The van der Waals surface area contributed by atoms with Crippen LogP contribution in [0.15, 0.2) is 55.0 Å². The second-order valence-electron chi connectivity index (χ2n) is 4.69. The van der Waals surface area contributed by atoms with Crippen molar-refractivity contribution < 1.29 is 0 Å². The highest BCUT2D eigenvalue weighted by atomic mass is 32.1. The highest BCUT2D eigenvalue weighted by Crippen LogP contribution is 2.22. The van der Waals surface area contributed by atoms with Gasteiger partial charge in [0, 0.05) is 12.4 Å². The minimum atomic E-state index is 1.08. The molecule has 0 aliphatic rings. The molecule has 0 atom stereocenters. The maximum Gasteiger partial charge on any atom is 0.0753 e. The van der Waals surface area contributed by atoms with Gasteiger partial charge < -0.3 is 0 Å². The molecule has 3 nitrogen and oxygen atoms in total. The van der Waals surface area contributed by atoms with Gasteiger partial charge in [-0.05, 0) is 53.6 Å². The van der Waals surface area contributed by atoms with Crippen molar-refractivity contribution in [1.82, 2.24) is 14.6 Å². The maximum absolute atomic E-state index is 4.14. The molecular weight excluding hydrogens is 266 g/mol. The van der Waals surface area contributed by atoms with E-state index in [0.717, 1.165) is 24.1 Å². The van der Waals surface area contributed by atoms with Gasteiger partial charge in [-0.1, -0.05) is 34.8 Å². The standard InChI is InChI=1S/C16H15N3S/c1(4-14-5-2-10-17-11-14)3-13-6-8-15(9-7-13)16-12-18-19-20-16/h2,5-12H,1,3-4H2. The number of aromatic nitrogens is 3. The summed E-state index contributed by atoms with van der Waals surface area (Å²) >= 11 is 1.43. The van der Waals surface area contributed by atoms with Crippen LogP contribution in [0.5, 0.6) is 0 Å². The molecule has 0 unspecified atom stereocenters. The summed E-state index contributed by atoms with van der Waals surface area (Å²) in [6, 6.07) is 12.8. The van der Waals surface area contributed by atoms with Crippen LogP contribution in [0.25, 0.3) is 10.4 Å². The SMILES string of the molecule is c1cncc(CCCc2ccc(-c3cnns3)cc2)c1. The van der Waals surface area contributed by atoms with Gasteiger partial charge in [0.15, 0.2) is 0 Å². The summed E-state index contributed by atoms with van der Waals surface area (Å²) in [5.41, 5.74) is 3.87. The van der Waals surface area contributed by atoms with Crippen molar-refractivity contribution in [3.05, 3.63) is 66.1 Å². The molecule has 0 fully saturated rings. The molecule has 0 radical (unpaired) electrons. The van der Waals surface area contributed by atoms with Crippen molar-refractivity contribution in [3.63, 3.8) is 0 Å². The third kappa shape index (κ3) is 3.27. The molecule has 0 aliphatic heterocycles. The van der Waals surface area contributed by atoms with Gasteiger partial charge in [0.1, 0.15) is 0 Å². The lowest BCUT2D eigenvalue weighted by Gasteiger charge is -2.03. The summed E-state index contributed by atoms with van der Waals surface area (Å²) in [4.78, 5) is 5.26. The van der Waals surface area contributed by atoms with E-state index in [1.165, 1.54) is 28.2 Å². The monoisotopic (exact) mass is 281 g/mol. The van der Waals surface area contributed by atoms with E-state index in [1.807, 2.05) is 24.7 Å². The largest absolute Gasteiger partial charge is 0.264 e. The number of aryl methyl sites for hydroxylation is 2. The average molecular weight is 281 g/mol. The topological polar surface area (TPSA) is 38.7 Å². The number of pyridine rings is 1. The molecule has 100 valence electrons. The maximum atomic E-state index is 4.14. The molecule has 0 aliphatic carbocycles. The number of rotatable bonds is 5. The predicted molar refractivity (Wildman–Crippen MR) is 81.6 cm³/mol. The van der Waals surface area contributed by atoms with Gasteiger partial charge in [-0.2, -0.15) is 0 Å². The normalized spacial score (nSPS) is 10.6. The zero-order valence-corrected chi connectivity index (χ0v) is 11.9. The first kappa shape index (κ1) is 12.9. The molecule has 0 spiro atoms. The summed E-state index contributed by atoms with van der Waals surface area (Å²) < 4.78 is 3.89. The Morgan fingerprint density at radius 1 is 0.900 bits per heavy atom. The second-order valence-corrected chi connectivity index (χ2v) is 5.48. The lowest BCUT2D eigenvalue weighted by atomic mass is 10.0. The van der Waals surface area contributed by atoms with Crippen LogP contribution < -0.4 is 0 Å². The number of hydrogen-bond donors (Lipinski definition) is 0. The third-order valence-electron chi connectivity index (χ3n) is 3.25. The van der Waals surface area contributed by atoms with Crippen LogP contribution in [0.2, 0.25) is 0 Å². The molecular formula is C16H15N3S. The molecule has 0 amide bonds. The first-order valence-corrected chi connectivity index (χ1v) is 7.45. The van der Waals surface area contributed by atoms with E-state index >= 15 is 0 Å². The first-order valence-electron chi connectivity index (χ1n) is 6.67. The highest BCUT2D eigenvalue weighted by Gasteiger charge is 2.01. The van der Waals surface area contributed by atoms with Crippen molar-refractivity contribution in [2.45, 2.75) is 19.3 Å². The van der Waals surface area contributed by atoms with Crippen LogP contribution in [-0.2, 0) is 12.8 Å². The summed E-state index contributed by atoms with van der Waals surface area (Å²) in [5.74, 6) is 0. The molecule has 1 aromatic carbocycles. The quantitative estimate of drug-likeness (QED) is 0.714. The van der Waals surface area contributed by atoms with Gasteiger partial charge >= 0.3 is 0 Å². The molecule has 20 heavy (non-hydrogen) atoms. The molecule has 0 N–H and O–H groups in total. The smallest absolute Gasteiger partial charge is 0.0753 e. The van der Waals surface area contributed by atoms with Gasteiger partial charge in [0.05, 0.1) is 11.1 Å². The fraction of sp³-hybridized carbons (Fsp3) is 0.188. The first-order chi connectivity index (χ1) is 9.92. The lowest BCUT2D eigenvalue weighted by Crippen LogP contribution is -1.90. The lowest BCUT2D eigenvalue weighted by molar-refractivity contribution is 0.817. The molecule has 0 saturated heterocycles. The number of nitrogens with zero attached hydrogens (tertiary/aromatic N) is 3. The molecule has 2 aromatic heterocycles. The van der Waals surface area contributed by atoms with Crippen LogP contribution in [0.4, 0.5) is 0 Å². The Bertz CT molecular complexity index is 633. The third-order valence-corrected chi connectivity index (χ3v) is 3.97. The van der Waals surface area contributed by atoms with E-state index in [4.69, 9.17) is 0 Å². The zero-order chi connectivity index (χ0) is 13.6. The van der Waals surface area contributed by atoms with Gasteiger partial charge in [-0.15, -0.1) is 5.10 Å². The highest BCUT2D eigenvalue weighted by molar-refractivity contribution is 7.09. The van der Waals surface area contributed by atoms with Crippen molar-refractivity contribution >= 4 is 11.5 Å². The Balaban J connectivity index is 1.56. The molecule has 2 heterocycles. The van der Waals surface area contributed by atoms with Gasteiger partial charge in [-0.3, -0.25) is 4.98 Å². The number of benzene rings is 1. The predicted octanol–water partition coefficient (Wildman–Crippen LogP) is 3.78. The average Bonchev–Trinajstić information content (AvgIpc) is 3.03. The van der Waals surface area contributed by atoms with Crippen molar-refractivity contribution in [3.8, 4) is 10.4 Å². The number of hydrogen-bond acceptors (Lipinski definition) is 4. The van der Waals surface area contributed by atoms with E-state index in [0.29, 0.717) is 0 Å². The van der Waals surface area contributed by atoms with Gasteiger partial charge in [-0.25, -0.2) is 0 Å². The molecule has 3 rings (SSSR count). The van der Waals surface area contributed by atoms with E-state index in [-0.39, 0.29) is 0 Å². The summed E-state index contributed by atoms with van der Waals surface area (Å²) in [6.07, 6.45) is 8.89. The van der Waals surface area contributed by atoms with E-state index in [1.54, 1.807) is 0 Å². The fourth-order valence-electron chi connectivity index (χ4n) is 2.17. The van der Waals surface area contributed by atoms with Crippen molar-refractivity contribution in [2.24, 2.45) is 0 Å². The van der Waals surface area contributed by atoms with Gasteiger partial charge in [0.2, 0.25) is 0 Å². The summed E-state index contributed by atoms with van der Waals surface area (Å²) in [5, 5.41) is 3.87. The van der Waals surface area contributed by atoms with Crippen molar-refractivity contribution in [2.75, 3.05) is 0 Å². The molecule has 3 aromatic rings. The van der Waals surface area contributed by atoms with Crippen molar-refractivity contribution in [1.29, 1.82) is 0 Å². The second kappa shape index (κ2) is 6.39. The molecule has 4 heteroatoms. The molecule has 0 saturated carbocycles. The Morgan fingerprint density at radius 3 is 2.45 bits per heavy atom. The van der Waals surface area contributed by atoms with E-state index in [2.05, 4.69) is 44.9 Å². The van der Waals surface area contributed by atoms with E-state index in [9.17, 15) is 0 Å². The summed E-state index contributed by atoms with van der Waals surface area (Å²) in [6.45, 7) is 0. The Kier molecular flexibility index (Phi) is 4.13. The Labute approximate surface area is 122 Å². The van der Waals surface area contributed by atoms with Gasteiger partial charge in [0.25, 0.3) is 0 Å². The Morgan fingerprint density at radius 2 is 1.75 bits per heavy atom. The molecule has 0 bridgehead atoms. The summed E-state index contributed by atoms with van der Waals surface area (Å²) in [7, 11) is 0. The van der Waals surface area contributed by atoms with Crippen LogP contribution in [0.1, 0.15) is 17.5 Å². The van der Waals surface area contributed by atoms with Crippen LogP contribution in [0, 0.1) is 0 Å². The van der Waals surface area contributed by atoms with Crippen LogP contribution in [0.3, 0.4) is 0 Å². The van der Waals surface area contributed by atoms with E-state index < -0.39 is 0 Å². The fourth-order valence-corrected chi connectivity index (χ4v) is 2.69. The zero-order valence-electron chi connectivity index (χ0n) is 11.1. The van der Waals surface area contributed by atoms with Crippen LogP contribution >= 0.6 is 11.5 Å². The Hall–Kier alpha value is -2.07. The van der Waals surface area contributed by atoms with Crippen LogP contribution in [-0.4, -0.2) is 14.6 Å². The minimum Gasteiger partial charge on any atom is -0.264 e. The minimum absolute atomic E-state index is 1.08.